The highest BCUT2D eigenvalue weighted by Crippen LogP contribution is 2.35. The summed E-state index contributed by atoms with van der Waals surface area (Å²) in [6.07, 6.45) is 6.32. The minimum atomic E-state index is -0.885. The van der Waals surface area contributed by atoms with Crippen LogP contribution in [0.25, 0.3) is 6.08 Å². The molecular formula is C30H34O9. The normalized spacial score (nSPS) is 24.3. The number of benzene rings is 2. The fraction of sp³-hybridized carbons (Fsp3) is 0.400. The largest absolute Gasteiger partial charge is 0.497 e. The first kappa shape index (κ1) is 28.4. The van der Waals surface area contributed by atoms with E-state index in [4.69, 9.17) is 33.2 Å². The molecule has 0 radical (unpaired) electrons. The fourth-order valence-corrected chi connectivity index (χ4v) is 4.47. The lowest BCUT2D eigenvalue weighted by Crippen LogP contribution is -2.37. The van der Waals surface area contributed by atoms with Gasteiger partial charge in [0.05, 0.1) is 25.4 Å². The van der Waals surface area contributed by atoms with E-state index in [2.05, 4.69) is 0 Å². The molecule has 3 atom stereocenters. The van der Waals surface area contributed by atoms with E-state index in [1.54, 1.807) is 54.6 Å². The van der Waals surface area contributed by atoms with Gasteiger partial charge in [-0.25, -0.2) is 9.59 Å². The molecule has 2 aliphatic heterocycles. The van der Waals surface area contributed by atoms with Crippen LogP contribution in [-0.4, -0.2) is 63.7 Å². The van der Waals surface area contributed by atoms with Crippen molar-refractivity contribution in [2.24, 2.45) is 0 Å². The van der Waals surface area contributed by atoms with Gasteiger partial charge in [0, 0.05) is 13.2 Å². The number of carbonyl (C=O) groups is 2. The lowest BCUT2D eigenvalue weighted by Gasteiger charge is -2.24. The molecule has 2 unspecified atom stereocenters. The summed E-state index contributed by atoms with van der Waals surface area (Å²) in [4.78, 5) is 26.1. The van der Waals surface area contributed by atoms with E-state index in [1.807, 2.05) is 26.0 Å². The molecule has 0 spiro atoms. The minimum Gasteiger partial charge on any atom is -0.497 e. The Bertz CT molecular complexity index is 1200. The van der Waals surface area contributed by atoms with E-state index >= 15 is 0 Å². The van der Waals surface area contributed by atoms with Gasteiger partial charge in [-0.3, -0.25) is 0 Å². The van der Waals surface area contributed by atoms with E-state index in [0.29, 0.717) is 29.7 Å². The number of fused-ring (bicyclic) bond motifs is 2. The molecule has 9 nitrogen and oxygen atoms in total. The van der Waals surface area contributed by atoms with Gasteiger partial charge in [-0.2, -0.15) is 0 Å². The Kier molecular flexibility index (Phi) is 9.40. The Morgan fingerprint density at radius 3 is 2.62 bits per heavy atom. The standard InChI is InChI=1S/C30H34O9/c1-30(2)38-24-15-10-13-21-17-22(34-4)18-25(36-19-33-3)26(21)29(32)35-16-9-8-14-23(27(24)39-30)37-28(31)20-11-6-5-7-12-20/h5-8,10-14,17-18,23-24,27H,9,15-16,19H2,1-4H3/b13-10+,14-8-/t23?,24-,27?/m0/s1. The third kappa shape index (κ3) is 7.26. The van der Waals surface area contributed by atoms with E-state index in [1.165, 1.54) is 14.2 Å². The predicted octanol–water partition coefficient (Wildman–Crippen LogP) is 4.94. The van der Waals surface area contributed by atoms with Crippen molar-refractivity contribution in [3.8, 4) is 11.5 Å². The third-order valence-corrected chi connectivity index (χ3v) is 6.19. The van der Waals surface area contributed by atoms with Crippen molar-refractivity contribution >= 4 is 18.0 Å². The fourth-order valence-electron chi connectivity index (χ4n) is 4.47. The second-order valence-electron chi connectivity index (χ2n) is 9.51. The first-order valence-corrected chi connectivity index (χ1v) is 12.8. The van der Waals surface area contributed by atoms with Gasteiger partial charge in [0.1, 0.15) is 29.3 Å². The van der Waals surface area contributed by atoms with Crippen molar-refractivity contribution in [2.75, 3.05) is 27.6 Å². The van der Waals surface area contributed by atoms with Gasteiger partial charge in [-0.1, -0.05) is 36.4 Å². The first-order valence-electron chi connectivity index (χ1n) is 12.8. The van der Waals surface area contributed by atoms with E-state index < -0.39 is 36.0 Å². The van der Waals surface area contributed by atoms with Crippen LogP contribution in [-0.2, 0) is 23.7 Å². The predicted molar refractivity (Wildman–Crippen MR) is 143 cm³/mol. The lowest BCUT2D eigenvalue weighted by molar-refractivity contribution is -0.152. The molecule has 4 rings (SSSR count). The molecule has 1 fully saturated rings. The Hall–Kier alpha value is -3.66. The molecule has 2 aromatic rings. The summed E-state index contributed by atoms with van der Waals surface area (Å²) in [6, 6.07) is 12.1. The number of hydrogen-bond acceptors (Lipinski definition) is 9. The van der Waals surface area contributed by atoms with Gasteiger partial charge in [-0.15, -0.1) is 0 Å². The maximum atomic E-state index is 13.1. The van der Waals surface area contributed by atoms with Gasteiger partial charge < -0.3 is 33.2 Å². The van der Waals surface area contributed by atoms with Crippen molar-refractivity contribution < 1.29 is 42.7 Å². The van der Waals surface area contributed by atoms with Crippen molar-refractivity contribution in [3.05, 3.63) is 77.4 Å². The van der Waals surface area contributed by atoms with Crippen molar-refractivity contribution in [1.82, 2.24) is 0 Å². The Balaban J connectivity index is 1.67. The number of esters is 2. The zero-order valence-electron chi connectivity index (χ0n) is 22.6. The number of rotatable bonds is 6. The van der Waals surface area contributed by atoms with Crippen molar-refractivity contribution in [1.29, 1.82) is 0 Å². The molecule has 2 aliphatic rings. The van der Waals surface area contributed by atoms with E-state index in [0.717, 1.165) is 0 Å². The molecule has 2 heterocycles. The molecule has 39 heavy (non-hydrogen) atoms. The van der Waals surface area contributed by atoms with Gasteiger partial charge in [0.25, 0.3) is 0 Å². The van der Waals surface area contributed by atoms with E-state index in [-0.39, 0.29) is 24.7 Å². The van der Waals surface area contributed by atoms with Crippen LogP contribution in [0.3, 0.4) is 0 Å². The Labute approximate surface area is 228 Å². The number of cyclic esters (lactones) is 1. The van der Waals surface area contributed by atoms with Crippen molar-refractivity contribution in [3.63, 3.8) is 0 Å². The van der Waals surface area contributed by atoms with Crippen LogP contribution in [0.2, 0.25) is 0 Å². The molecular weight excluding hydrogens is 504 g/mol. The summed E-state index contributed by atoms with van der Waals surface area (Å²) in [7, 11) is 3.03. The van der Waals surface area contributed by atoms with Gasteiger partial charge in [0.2, 0.25) is 0 Å². The quantitative estimate of drug-likeness (QED) is 0.288. The smallest absolute Gasteiger partial charge is 0.342 e. The van der Waals surface area contributed by atoms with Crippen LogP contribution in [0.5, 0.6) is 11.5 Å². The molecule has 0 aliphatic carbocycles. The number of ether oxygens (including phenoxy) is 7. The average Bonchev–Trinajstić information content (AvgIpc) is 3.24. The van der Waals surface area contributed by atoms with Gasteiger partial charge >= 0.3 is 11.9 Å². The van der Waals surface area contributed by atoms with Crippen LogP contribution in [0, 0.1) is 0 Å². The zero-order chi connectivity index (χ0) is 27.8. The van der Waals surface area contributed by atoms with Crippen LogP contribution in [0.1, 0.15) is 53.0 Å². The second kappa shape index (κ2) is 12.9. The number of carbonyl (C=O) groups excluding carboxylic acids is 2. The molecule has 1 saturated heterocycles. The highest BCUT2D eigenvalue weighted by Gasteiger charge is 2.45. The van der Waals surface area contributed by atoms with Crippen LogP contribution >= 0.6 is 0 Å². The van der Waals surface area contributed by atoms with Crippen LogP contribution in [0.4, 0.5) is 0 Å². The van der Waals surface area contributed by atoms with Crippen molar-refractivity contribution in [2.45, 2.75) is 50.8 Å². The highest BCUT2D eigenvalue weighted by atomic mass is 16.8. The third-order valence-electron chi connectivity index (χ3n) is 6.19. The zero-order valence-corrected chi connectivity index (χ0v) is 22.6. The minimum absolute atomic E-state index is 0.0492. The summed E-state index contributed by atoms with van der Waals surface area (Å²) in [6.45, 7) is 3.70. The maximum absolute atomic E-state index is 13.1. The lowest BCUT2D eigenvalue weighted by atomic mass is 10.0. The molecule has 0 amide bonds. The molecule has 0 bridgehead atoms. The Morgan fingerprint density at radius 1 is 1.08 bits per heavy atom. The molecule has 9 heteroatoms. The summed E-state index contributed by atoms with van der Waals surface area (Å²) in [5.41, 5.74) is 1.26. The topological polar surface area (TPSA) is 98.8 Å². The van der Waals surface area contributed by atoms with Crippen LogP contribution < -0.4 is 9.47 Å². The van der Waals surface area contributed by atoms with E-state index in [9.17, 15) is 9.59 Å². The monoisotopic (exact) mass is 538 g/mol. The Morgan fingerprint density at radius 2 is 1.87 bits per heavy atom. The average molecular weight is 539 g/mol. The summed E-state index contributed by atoms with van der Waals surface area (Å²) in [5.74, 6) is -1.10. The highest BCUT2D eigenvalue weighted by molar-refractivity contribution is 5.97. The van der Waals surface area contributed by atoms with Gasteiger partial charge in [-0.05, 0) is 56.5 Å². The summed E-state index contributed by atoms with van der Waals surface area (Å²) in [5, 5.41) is 0. The number of hydrogen-bond donors (Lipinski definition) is 0. The summed E-state index contributed by atoms with van der Waals surface area (Å²) >= 11 is 0. The molecule has 0 N–H and O–H groups in total. The first-order chi connectivity index (χ1) is 18.8. The maximum Gasteiger partial charge on any atom is 0.342 e. The number of methoxy groups -OCH3 is 2. The second-order valence-corrected chi connectivity index (χ2v) is 9.51. The SMILES string of the molecule is COCOc1cc(OC)cc2c1C(=O)OCC/C=C\C(OC(=O)c1ccccc1)C1OC(C)(C)O[C@H]1C/C=C/2. The van der Waals surface area contributed by atoms with Gasteiger partial charge in [0.15, 0.2) is 12.6 Å². The molecule has 0 saturated carbocycles. The summed E-state index contributed by atoms with van der Waals surface area (Å²) < 4.78 is 40.0. The molecule has 2 aromatic carbocycles. The molecule has 0 aromatic heterocycles. The van der Waals surface area contributed by atoms with Crippen LogP contribution in [0.15, 0.2) is 60.7 Å². The molecule has 208 valence electrons.